The lowest BCUT2D eigenvalue weighted by Gasteiger charge is -2.38. The predicted molar refractivity (Wildman–Crippen MR) is 137 cm³/mol. The number of furan rings is 1. The lowest BCUT2D eigenvalue weighted by Crippen LogP contribution is -2.50. The van der Waals surface area contributed by atoms with Crippen molar-refractivity contribution in [2.45, 2.75) is 51.6 Å². The van der Waals surface area contributed by atoms with Crippen LogP contribution >= 0.6 is 0 Å². The van der Waals surface area contributed by atoms with Gasteiger partial charge >= 0.3 is 0 Å². The number of pyridine rings is 1. The smallest absolute Gasteiger partial charge is 0.289 e. The van der Waals surface area contributed by atoms with Crippen LogP contribution in [0.4, 0.5) is 0 Å². The van der Waals surface area contributed by atoms with Gasteiger partial charge in [-0.25, -0.2) is 4.68 Å². The fourth-order valence-electron chi connectivity index (χ4n) is 5.72. The molecule has 1 aliphatic heterocycles. The first kappa shape index (κ1) is 23.6. The number of H-pyrrole nitrogens is 1. The molecule has 6 rings (SSSR count). The second-order valence-corrected chi connectivity index (χ2v) is 10.2. The molecule has 0 bridgehead atoms. The second kappa shape index (κ2) is 9.59. The SMILES string of the molecule is Cc1cc2cc([C@@H](c3nnnn3C3CCCC3)N3CCN(C(=O)c4ccco4)CC3)c(=O)[nH]c2cc1C. The maximum atomic E-state index is 13.5. The molecular formula is C27H31N7O3. The van der Waals surface area contributed by atoms with Crippen LogP contribution in [0.2, 0.25) is 0 Å². The first-order valence-corrected chi connectivity index (χ1v) is 13.0. The molecule has 0 unspecified atom stereocenters. The minimum atomic E-state index is -0.425. The summed E-state index contributed by atoms with van der Waals surface area (Å²) in [5.41, 5.74) is 3.60. The molecule has 1 aliphatic carbocycles. The molecule has 10 nitrogen and oxygen atoms in total. The van der Waals surface area contributed by atoms with Gasteiger partial charge in [0.25, 0.3) is 11.5 Å². The maximum Gasteiger partial charge on any atom is 0.289 e. The van der Waals surface area contributed by atoms with Gasteiger partial charge in [0.1, 0.15) is 6.04 Å². The maximum absolute atomic E-state index is 13.5. The molecule has 37 heavy (non-hydrogen) atoms. The number of aryl methyl sites for hydroxylation is 2. The fraction of sp³-hybridized carbons (Fsp3) is 0.444. The predicted octanol–water partition coefficient (Wildman–Crippen LogP) is 3.39. The Morgan fingerprint density at radius 3 is 2.57 bits per heavy atom. The highest BCUT2D eigenvalue weighted by molar-refractivity contribution is 5.91. The summed E-state index contributed by atoms with van der Waals surface area (Å²) < 4.78 is 7.25. The van der Waals surface area contributed by atoms with Gasteiger partial charge in [-0.3, -0.25) is 14.5 Å². The number of piperazine rings is 1. The summed E-state index contributed by atoms with van der Waals surface area (Å²) in [5, 5.41) is 13.9. The van der Waals surface area contributed by atoms with Crippen LogP contribution in [0.5, 0.6) is 0 Å². The van der Waals surface area contributed by atoms with Crippen LogP contribution in [-0.4, -0.2) is 67.1 Å². The van der Waals surface area contributed by atoms with E-state index in [2.05, 4.69) is 38.4 Å². The molecule has 2 aliphatic rings. The Hall–Kier alpha value is -3.79. The number of carbonyl (C=O) groups excluding carboxylic acids is 1. The van der Waals surface area contributed by atoms with E-state index in [-0.39, 0.29) is 17.5 Å². The van der Waals surface area contributed by atoms with E-state index >= 15 is 0 Å². The van der Waals surface area contributed by atoms with Crippen LogP contribution in [0, 0.1) is 13.8 Å². The third kappa shape index (κ3) is 4.35. The second-order valence-electron chi connectivity index (χ2n) is 10.2. The van der Waals surface area contributed by atoms with Crippen LogP contribution in [0.25, 0.3) is 10.9 Å². The number of nitrogens with zero attached hydrogens (tertiary/aromatic N) is 6. The quantitative estimate of drug-likeness (QED) is 0.446. The van der Waals surface area contributed by atoms with E-state index in [1.54, 1.807) is 17.0 Å². The zero-order valence-corrected chi connectivity index (χ0v) is 21.2. The lowest BCUT2D eigenvalue weighted by atomic mass is 10.00. The van der Waals surface area contributed by atoms with Gasteiger partial charge in [0.05, 0.1) is 12.3 Å². The van der Waals surface area contributed by atoms with Crippen LogP contribution in [0.1, 0.15) is 70.8 Å². The molecule has 1 saturated heterocycles. The zero-order chi connectivity index (χ0) is 25.5. The van der Waals surface area contributed by atoms with Gasteiger partial charge in [0, 0.05) is 37.3 Å². The third-order valence-corrected chi connectivity index (χ3v) is 7.91. The number of aromatic nitrogens is 5. The van der Waals surface area contributed by atoms with Crippen LogP contribution in [-0.2, 0) is 0 Å². The Kier molecular flexibility index (Phi) is 6.11. The van der Waals surface area contributed by atoms with E-state index in [1.165, 1.54) is 11.8 Å². The average Bonchev–Trinajstić information content (AvgIpc) is 3.68. The highest BCUT2D eigenvalue weighted by Crippen LogP contribution is 2.34. The number of nitrogens with one attached hydrogen (secondary N) is 1. The monoisotopic (exact) mass is 501 g/mol. The molecule has 1 amide bonds. The molecule has 4 aromatic rings. The number of tetrazole rings is 1. The highest BCUT2D eigenvalue weighted by atomic mass is 16.3. The summed E-state index contributed by atoms with van der Waals surface area (Å²) in [6.07, 6.45) is 5.87. The molecule has 0 radical (unpaired) electrons. The molecule has 1 N–H and O–H groups in total. The average molecular weight is 502 g/mol. The van der Waals surface area contributed by atoms with E-state index < -0.39 is 6.04 Å². The Morgan fingerprint density at radius 2 is 1.84 bits per heavy atom. The Balaban J connectivity index is 1.39. The molecule has 1 aromatic carbocycles. The van der Waals surface area contributed by atoms with Gasteiger partial charge in [-0.2, -0.15) is 0 Å². The van der Waals surface area contributed by atoms with Crippen molar-refractivity contribution >= 4 is 16.8 Å². The number of fused-ring (bicyclic) bond motifs is 1. The van der Waals surface area contributed by atoms with Crippen molar-refractivity contribution in [3.05, 3.63) is 75.2 Å². The molecule has 1 atom stereocenters. The van der Waals surface area contributed by atoms with Crippen LogP contribution in [0.15, 0.2) is 45.8 Å². The van der Waals surface area contributed by atoms with Crippen molar-refractivity contribution in [1.82, 2.24) is 35.0 Å². The van der Waals surface area contributed by atoms with Gasteiger partial charge < -0.3 is 14.3 Å². The molecule has 3 aromatic heterocycles. The molecule has 4 heterocycles. The summed E-state index contributed by atoms with van der Waals surface area (Å²) in [7, 11) is 0. The highest BCUT2D eigenvalue weighted by Gasteiger charge is 2.35. The lowest BCUT2D eigenvalue weighted by molar-refractivity contribution is 0.0557. The zero-order valence-electron chi connectivity index (χ0n) is 21.2. The van der Waals surface area contributed by atoms with Gasteiger partial charge in [0.2, 0.25) is 0 Å². The number of aromatic amines is 1. The summed E-state index contributed by atoms with van der Waals surface area (Å²) >= 11 is 0. The summed E-state index contributed by atoms with van der Waals surface area (Å²) in [6, 6.07) is 9.33. The van der Waals surface area contributed by atoms with Crippen LogP contribution in [0.3, 0.4) is 0 Å². The Bertz CT molecular complexity index is 1480. The molecule has 2 fully saturated rings. The van der Waals surface area contributed by atoms with Gasteiger partial charge in [-0.15, -0.1) is 5.10 Å². The van der Waals surface area contributed by atoms with Crippen molar-refractivity contribution in [3.8, 4) is 0 Å². The number of carbonyl (C=O) groups is 1. The number of hydrogen-bond acceptors (Lipinski definition) is 7. The first-order chi connectivity index (χ1) is 18.0. The van der Waals surface area contributed by atoms with Crippen molar-refractivity contribution in [3.63, 3.8) is 0 Å². The minimum absolute atomic E-state index is 0.119. The fourth-order valence-corrected chi connectivity index (χ4v) is 5.72. The molecular weight excluding hydrogens is 470 g/mol. The molecule has 10 heteroatoms. The van der Waals surface area contributed by atoms with Crippen molar-refractivity contribution in [2.75, 3.05) is 26.2 Å². The number of benzene rings is 1. The van der Waals surface area contributed by atoms with Gasteiger partial charge in [-0.1, -0.05) is 12.8 Å². The van der Waals surface area contributed by atoms with Gasteiger partial charge in [-0.05, 0) is 84.0 Å². The molecule has 0 spiro atoms. The van der Waals surface area contributed by atoms with E-state index in [4.69, 9.17) is 4.42 Å². The molecule has 192 valence electrons. The number of hydrogen-bond donors (Lipinski definition) is 1. The standard InChI is InChI=1S/C27H31N7O3/c1-17-14-19-16-21(26(35)28-22(19)15-18(17)2)24(25-29-30-31-34(25)20-6-3-4-7-20)32-9-11-33(12-10-32)27(36)23-8-5-13-37-23/h5,8,13-16,20,24H,3-4,6-7,9-12H2,1-2H3,(H,28,35)/t24-/m0/s1. The van der Waals surface area contributed by atoms with Crippen molar-refractivity contribution < 1.29 is 9.21 Å². The molecule has 1 saturated carbocycles. The normalized spacial score (nSPS) is 18.1. The van der Waals surface area contributed by atoms with E-state index in [9.17, 15) is 9.59 Å². The topological polar surface area (TPSA) is 113 Å². The van der Waals surface area contributed by atoms with E-state index in [0.29, 0.717) is 43.3 Å². The van der Waals surface area contributed by atoms with Crippen molar-refractivity contribution in [1.29, 1.82) is 0 Å². The van der Waals surface area contributed by atoms with Crippen LogP contribution < -0.4 is 5.56 Å². The number of rotatable bonds is 5. The summed E-state index contributed by atoms with van der Waals surface area (Å²) in [6.45, 7) is 6.32. The van der Waals surface area contributed by atoms with E-state index in [1.807, 2.05) is 23.7 Å². The number of amides is 1. The summed E-state index contributed by atoms with van der Waals surface area (Å²) in [4.78, 5) is 33.5. The van der Waals surface area contributed by atoms with E-state index in [0.717, 1.165) is 42.1 Å². The largest absolute Gasteiger partial charge is 0.459 e. The summed E-state index contributed by atoms with van der Waals surface area (Å²) in [5.74, 6) is 0.907. The first-order valence-electron chi connectivity index (χ1n) is 13.0. The van der Waals surface area contributed by atoms with Gasteiger partial charge in [0.15, 0.2) is 11.6 Å². The third-order valence-electron chi connectivity index (χ3n) is 7.91. The Morgan fingerprint density at radius 1 is 1.08 bits per heavy atom. The minimum Gasteiger partial charge on any atom is -0.459 e. The van der Waals surface area contributed by atoms with Crippen molar-refractivity contribution in [2.24, 2.45) is 0 Å². The Labute approximate surface area is 214 Å².